The number of carbonyl (C=O) groups is 2. The monoisotopic (exact) mass is 457 g/mol. The summed E-state index contributed by atoms with van der Waals surface area (Å²) >= 11 is 0. The molecule has 2 aromatic heterocycles. The minimum Gasteiger partial charge on any atom is -0.352 e. The third-order valence-electron chi connectivity index (χ3n) is 5.55. The standard InChI is InChI=1S/C26H27N5O3/c1-2-15-30-22-8-3-4-9-23(22)31(26(30)34)16-12-24(32)28-18-19-6-5-7-21(17-19)29-25(33)20-10-13-27-14-11-20/h3-11,13-14,17H,2,12,15-16,18H2,1H3,(H,28,32)(H,29,33). The van der Waals surface area contributed by atoms with Crippen molar-refractivity contribution in [3.05, 3.63) is 94.7 Å². The van der Waals surface area contributed by atoms with E-state index in [0.717, 1.165) is 23.0 Å². The number of nitrogens with zero attached hydrogens (tertiary/aromatic N) is 3. The van der Waals surface area contributed by atoms with Gasteiger partial charge in [-0.25, -0.2) is 4.79 Å². The topological polar surface area (TPSA) is 98.0 Å². The summed E-state index contributed by atoms with van der Waals surface area (Å²) in [4.78, 5) is 41.6. The fraction of sp³-hybridized carbons (Fsp3) is 0.231. The normalized spacial score (nSPS) is 10.9. The van der Waals surface area contributed by atoms with Gasteiger partial charge in [0.25, 0.3) is 5.91 Å². The van der Waals surface area contributed by atoms with E-state index in [1.54, 1.807) is 39.7 Å². The van der Waals surface area contributed by atoms with Crippen molar-refractivity contribution < 1.29 is 9.59 Å². The number of imidazole rings is 1. The number of benzene rings is 2. The summed E-state index contributed by atoms with van der Waals surface area (Å²) in [6, 6.07) is 18.3. The zero-order valence-corrected chi connectivity index (χ0v) is 19.0. The quantitative estimate of drug-likeness (QED) is 0.401. The zero-order chi connectivity index (χ0) is 23.9. The second-order valence-corrected chi connectivity index (χ2v) is 7.99. The van der Waals surface area contributed by atoms with E-state index < -0.39 is 0 Å². The molecule has 4 aromatic rings. The van der Waals surface area contributed by atoms with Gasteiger partial charge >= 0.3 is 5.69 Å². The Bertz CT molecular complexity index is 1360. The van der Waals surface area contributed by atoms with Gasteiger partial charge in [0.1, 0.15) is 0 Å². The van der Waals surface area contributed by atoms with E-state index in [9.17, 15) is 14.4 Å². The predicted octanol–water partition coefficient (Wildman–Crippen LogP) is 3.57. The summed E-state index contributed by atoms with van der Waals surface area (Å²) in [7, 11) is 0. The maximum absolute atomic E-state index is 12.9. The van der Waals surface area contributed by atoms with Crippen LogP contribution < -0.4 is 16.3 Å². The Morgan fingerprint density at radius 1 is 0.912 bits per heavy atom. The highest BCUT2D eigenvalue weighted by atomic mass is 16.2. The summed E-state index contributed by atoms with van der Waals surface area (Å²) in [5.74, 6) is -0.373. The van der Waals surface area contributed by atoms with Crippen LogP contribution in [0.3, 0.4) is 0 Å². The van der Waals surface area contributed by atoms with Gasteiger partial charge in [-0.1, -0.05) is 31.2 Å². The fourth-order valence-corrected chi connectivity index (χ4v) is 3.90. The van der Waals surface area contributed by atoms with E-state index in [1.807, 2.05) is 49.4 Å². The molecule has 0 aliphatic carbocycles. The van der Waals surface area contributed by atoms with Crippen molar-refractivity contribution in [3.63, 3.8) is 0 Å². The first-order valence-corrected chi connectivity index (χ1v) is 11.3. The van der Waals surface area contributed by atoms with Crippen LogP contribution in [0.25, 0.3) is 11.0 Å². The third-order valence-corrected chi connectivity index (χ3v) is 5.55. The Morgan fingerprint density at radius 2 is 1.62 bits per heavy atom. The van der Waals surface area contributed by atoms with Crippen molar-refractivity contribution in [3.8, 4) is 0 Å². The van der Waals surface area contributed by atoms with E-state index in [4.69, 9.17) is 0 Å². The molecule has 0 saturated heterocycles. The van der Waals surface area contributed by atoms with Gasteiger partial charge in [0.15, 0.2) is 0 Å². The van der Waals surface area contributed by atoms with Crippen LogP contribution in [0.5, 0.6) is 0 Å². The Morgan fingerprint density at radius 3 is 2.32 bits per heavy atom. The van der Waals surface area contributed by atoms with Gasteiger partial charge in [0, 0.05) is 49.7 Å². The number of rotatable bonds is 9. The van der Waals surface area contributed by atoms with Crippen LogP contribution in [0.1, 0.15) is 35.7 Å². The number of hydrogen-bond acceptors (Lipinski definition) is 4. The van der Waals surface area contributed by atoms with E-state index in [2.05, 4.69) is 15.6 Å². The third kappa shape index (κ3) is 5.23. The van der Waals surface area contributed by atoms with Crippen LogP contribution in [0, 0.1) is 0 Å². The van der Waals surface area contributed by atoms with Gasteiger partial charge in [-0.2, -0.15) is 0 Å². The van der Waals surface area contributed by atoms with Gasteiger partial charge in [-0.05, 0) is 48.4 Å². The number of carbonyl (C=O) groups excluding carboxylic acids is 2. The highest BCUT2D eigenvalue weighted by molar-refractivity contribution is 6.04. The van der Waals surface area contributed by atoms with Gasteiger partial charge in [0.05, 0.1) is 11.0 Å². The molecule has 2 N–H and O–H groups in total. The largest absolute Gasteiger partial charge is 0.352 e. The van der Waals surface area contributed by atoms with Crippen molar-refractivity contribution in [1.29, 1.82) is 0 Å². The fourth-order valence-electron chi connectivity index (χ4n) is 3.90. The average Bonchev–Trinajstić information content (AvgIpc) is 3.13. The molecule has 2 amide bonds. The summed E-state index contributed by atoms with van der Waals surface area (Å²) < 4.78 is 3.43. The molecule has 0 atom stereocenters. The highest BCUT2D eigenvalue weighted by Gasteiger charge is 2.13. The average molecular weight is 458 g/mol. The smallest absolute Gasteiger partial charge is 0.329 e. The SMILES string of the molecule is CCCn1c(=O)n(CCC(=O)NCc2cccc(NC(=O)c3ccncc3)c2)c2ccccc21. The summed E-state index contributed by atoms with van der Waals surface area (Å²) in [5, 5.41) is 5.75. The van der Waals surface area contributed by atoms with Crippen molar-refractivity contribution in [2.24, 2.45) is 0 Å². The molecule has 0 spiro atoms. The minimum absolute atomic E-state index is 0.0894. The zero-order valence-electron chi connectivity index (χ0n) is 19.0. The van der Waals surface area contributed by atoms with Crippen molar-refractivity contribution in [2.45, 2.75) is 39.4 Å². The molecule has 174 valence electrons. The molecule has 8 nitrogen and oxygen atoms in total. The second kappa shape index (κ2) is 10.6. The lowest BCUT2D eigenvalue weighted by atomic mass is 10.2. The number of para-hydroxylation sites is 2. The lowest BCUT2D eigenvalue weighted by Gasteiger charge is -2.09. The Labute approximate surface area is 197 Å². The van der Waals surface area contributed by atoms with Crippen LogP contribution in [-0.4, -0.2) is 25.9 Å². The molecule has 2 heterocycles. The van der Waals surface area contributed by atoms with E-state index >= 15 is 0 Å². The molecular weight excluding hydrogens is 430 g/mol. The van der Waals surface area contributed by atoms with Crippen LogP contribution >= 0.6 is 0 Å². The number of aromatic nitrogens is 3. The highest BCUT2D eigenvalue weighted by Crippen LogP contribution is 2.14. The van der Waals surface area contributed by atoms with Gasteiger partial charge in [-0.15, -0.1) is 0 Å². The molecule has 0 radical (unpaired) electrons. The van der Waals surface area contributed by atoms with Crippen molar-refractivity contribution >= 4 is 28.5 Å². The molecule has 0 saturated carbocycles. The number of amides is 2. The number of nitrogens with one attached hydrogen (secondary N) is 2. The first-order chi connectivity index (χ1) is 16.6. The molecule has 0 aliphatic rings. The van der Waals surface area contributed by atoms with E-state index in [-0.39, 0.29) is 23.9 Å². The van der Waals surface area contributed by atoms with Gasteiger partial charge < -0.3 is 10.6 Å². The number of aryl methyl sites for hydroxylation is 2. The first-order valence-electron chi connectivity index (χ1n) is 11.3. The lowest BCUT2D eigenvalue weighted by Crippen LogP contribution is -2.28. The number of pyridine rings is 1. The summed E-state index contributed by atoms with van der Waals surface area (Å²) in [6.07, 6.45) is 4.18. The predicted molar refractivity (Wildman–Crippen MR) is 132 cm³/mol. The number of hydrogen-bond donors (Lipinski definition) is 2. The molecule has 0 aliphatic heterocycles. The minimum atomic E-state index is -0.226. The molecule has 34 heavy (non-hydrogen) atoms. The summed E-state index contributed by atoms with van der Waals surface area (Å²) in [6.45, 7) is 3.31. The van der Waals surface area contributed by atoms with Crippen LogP contribution in [-0.2, 0) is 24.4 Å². The van der Waals surface area contributed by atoms with Gasteiger partial charge in [0.2, 0.25) is 5.91 Å². The first kappa shape index (κ1) is 23.0. The van der Waals surface area contributed by atoms with Crippen molar-refractivity contribution in [1.82, 2.24) is 19.4 Å². The maximum atomic E-state index is 12.9. The molecule has 0 bridgehead atoms. The Hall–Kier alpha value is -4.20. The Balaban J connectivity index is 1.35. The Kier molecular flexibility index (Phi) is 7.17. The maximum Gasteiger partial charge on any atom is 0.329 e. The lowest BCUT2D eigenvalue weighted by molar-refractivity contribution is -0.121. The van der Waals surface area contributed by atoms with Gasteiger partial charge in [-0.3, -0.25) is 23.7 Å². The molecule has 8 heteroatoms. The van der Waals surface area contributed by atoms with Crippen LogP contribution in [0.4, 0.5) is 5.69 Å². The van der Waals surface area contributed by atoms with Crippen LogP contribution in [0.15, 0.2) is 77.9 Å². The van der Waals surface area contributed by atoms with Crippen LogP contribution in [0.2, 0.25) is 0 Å². The summed E-state index contributed by atoms with van der Waals surface area (Å²) in [5.41, 5.74) is 3.66. The second-order valence-electron chi connectivity index (χ2n) is 7.99. The number of fused-ring (bicyclic) bond motifs is 1. The van der Waals surface area contributed by atoms with Crippen molar-refractivity contribution in [2.75, 3.05) is 5.32 Å². The van der Waals surface area contributed by atoms with E-state index in [0.29, 0.717) is 30.9 Å². The number of anilines is 1. The van der Waals surface area contributed by atoms with E-state index in [1.165, 1.54) is 0 Å². The molecule has 2 aromatic carbocycles. The molecular formula is C26H27N5O3. The molecule has 0 unspecified atom stereocenters. The molecule has 4 rings (SSSR count). The molecule has 0 fully saturated rings.